The SMILES string of the molecule is COC[C@@]12CCCC[C@@H]1CN(CCO)C2. The summed E-state index contributed by atoms with van der Waals surface area (Å²) >= 11 is 0. The second-order valence-electron chi connectivity index (χ2n) is 5.20. The predicted octanol–water partition coefficient (Wildman–Crippen LogP) is 1.12. The Balaban J connectivity index is 2.02. The number of fused-ring (bicyclic) bond motifs is 1. The molecule has 0 radical (unpaired) electrons. The fraction of sp³-hybridized carbons (Fsp3) is 1.00. The van der Waals surface area contributed by atoms with Gasteiger partial charge in [-0.1, -0.05) is 12.8 Å². The molecule has 2 atom stereocenters. The minimum absolute atomic E-state index is 0.287. The standard InChI is InChI=1S/C12H23NO2/c1-15-10-12-5-3-2-4-11(12)8-13(9-12)6-7-14/h11,14H,2-10H2,1H3/t11-,12+/m1/s1. The van der Waals surface area contributed by atoms with Gasteiger partial charge in [-0.15, -0.1) is 0 Å². The average Bonchev–Trinajstić information content (AvgIpc) is 2.56. The number of hydrogen-bond acceptors (Lipinski definition) is 3. The molecule has 1 saturated carbocycles. The first-order chi connectivity index (χ1) is 7.30. The maximum Gasteiger partial charge on any atom is 0.0558 e. The maximum atomic E-state index is 9.00. The normalized spacial score (nSPS) is 36.8. The van der Waals surface area contributed by atoms with Gasteiger partial charge < -0.3 is 14.7 Å². The van der Waals surface area contributed by atoms with Gasteiger partial charge in [0.1, 0.15) is 0 Å². The van der Waals surface area contributed by atoms with E-state index in [4.69, 9.17) is 9.84 Å². The Hall–Kier alpha value is -0.120. The number of methoxy groups -OCH3 is 1. The van der Waals surface area contributed by atoms with Crippen molar-refractivity contribution in [1.82, 2.24) is 4.90 Å². The highest BCUT2D eigenvalue weighted by Gasteiger charge is 2.47. The summed E-state index contributed by atoms with van der Waals surface area (Å²) in [5, 5.41) is 9.00. The summed E-state index contributed by atoms with van der Waals surface area (Å²) < 4.78 is 5.42. The topological polar surface area (TPSA) is 32.7 Å². The number of hydrogen-bond donors (Lipinski definition) is 1. The second kappa shape index (κ2) is 4.81. The van der Waals surface area contributed by atoms with Crippen molar-refractivity contribution >= 4 is 0 Å². The minimum atomic E-state index is 0.287. The maximum absolute atomic E-state index is 9.00. The van der Waals surface area contributed by atoms with Gasteiger partial charge in [0.15, 0.2) is 0 Å². The van der Waals surface area contributed by atoms with Gasteiger partial charge in [-0.3, -0.25) is 0 Å². The molecule has 0 unspecified atom stereocenters. The molecule has 1 saturated heterocycles. The summed E-state index contributed by atoms with van der Waals surface area (Å²) in [6, 6.07) is 0. The quantitative estimate of drug-likeness (QED) is 0.759. The molecule has 88 valence electrons. The van der Waals surface area contributed by atoms with Crippen LogP contribution in [-0.4, -0.2) is 50.0 Å². The zero-order valence-corrected chi connectivity index (χ0v) is 9.74. The summed E-state index contributed by atoms with van der Waals surface area (Å²) in [6.07, 6.45) is 5.40. The zero-order valence-electron chi connectivity index (χ0n) is 9.74. The van der Waals surface area contributed by atoms with E-state index < -0.39 is 0 Å². The molecule has 0 bridgehead atoms. The molecule has 3 heteroatoms. The van der Waals surface area contributed by atoms with Crippen molar-refractivity contribution in [2.75, 3.05) is 40.0 Å². The van der Waals surface area contributed by atoms with Crippen molar-refractivity contribution < 1.29 is 9.84 Å². The second-order valence-corrected chi connectivity index (χ2v) is 5.20. The van der Waals surface area contributed by atoms with Gasteiger partial charge in [0.2, 0.25) is 0 Å². The molecule has 0 aromatic rings. The third kappa shape index (κ3) is 2.19. The van der Waals surface area contributed by atoms with Crippen LogP contribution in [0.2, 0.25) is 0 Å². The fourth-order valence-electron chi connectivity index (χ4n) is 3.53. The number of rotatable bonds is 4. The Kier molecular flexibility index (Phi) is 3.65. The number of aliphatic hydroxyl groups is 1. The van der Waals surface area contributed by atoms with E-state index >= 15 is 0 Å². The first kappa shape index (κ1) is 11.4. The Morgan fingerprint density at radius 3 is 3.07 bits per heavy atom. The predicted molar refractivity (Wildman–Crippen MR) is 59.8 cm³/mol. The molecule has 1 heterocycles. The van der Waals surface area contributed by atoms with E-state index in [9.17, 15) is 0 Å². The number of β-amino-alcohol motifs (C(OH)–C–C–N with tert-alkyl or cyclic N) is 1. The van der Waals surface area contributed by atoms with Crippen LogP contribution in [0.4, 0.5) is 0 Å². The van der Waals surface area contributed by atoms with Crippen molar-refractivity contribution in [3.63, 3.8) is 0 Å². The smallest absolute Gasteiger partial charge is 0.0558 e. The van der Waals surface area contributed by atoms with Crippen LogP contribution in [-0.2, 0) is 4.74 Å². The van der Waals surface area contributed by atoms with Crippen LogP contribution >= 0.6 is 0 Å². The highest BCUT2D eigenvalue weighted by Crippen LogP contribution is 2.46. The number of aliphatic hydroxyl groups excluding tert-OH is 1. The van der Waals surface area contributed by atoms with Gasteiger partial charge in [-0.25, -0.2) is 0 Å². The number of ether oxygens (including phenoxy) is 1. The molecule has 0 aromatic carbocycles. The van der Waals surface area contributed by atoms with Gasteiger partial charge in [0, 0.05) is 32.2 Å². The van der Waals surface area contributed by atoms with Gasteiger partial charge in [-0.05, 0) is 18.8 Å². The molecule has 0 aromatic heterocycles. The molecule has 0 spiro atoms. The lowest BCUT2D eigenvalue weighted by atomic mass is 9.69. The van der Waals surface area contributed by atoms with Gasteiger partial charge in [-0.2, -0.15) is 0 Å². The van der Waals surface area contributed by atoms with Crippen molar-refractivity contribution in [1.29, 1.82) is 0 Å². The molecular formula is C12H23NO2. The lowest BCUT2D eigenvalue weighted by Crippen LogP contribution is -2.37. The first-order valence-corrected chi connectivity index (χ1v) is 6.13. The van der Waals surface area contributed by atoms with Crippen LogP contribution < -0.4 is 0 Å². The van der Waals surface area contributed by atoms with Crippen LogP contribution in [0.25, 0.3) is 0 Å². The van der Waals surface area contributed by atoms with Gasteiger partial charge >= 0.3 is 0 Å². The van der Waals surface area contributed by atoms with Crippen LogP contribution in [0.3, 0.4) is 0 Å². The van der Waals surface area contributed by atoms with E-state index in [1.807, 2.05) is 7.11 Å². The first-order valence-electron chi connectivity index (χ1n) is 6.13. The zero-order chi connectivity index (χ0) is 10.7. The monoisotopic (exact) mass is 213 g/mol. The molecule has 1 aliphatic heterocycles. The molecule has 15 heavy (non-hydrogen) atoms. The van der Waals surface area contributed by atoms with E-state index in [-0.39, 0.29) is 6.61 Å². The van der Waals surface area contributed by atoms with E-state index in [2.05, 4.69) is 4.90 Å². The summed E-state index contributed by atoms with van der Waals surface area (Å²) in [6.45, 7) is 4.33. The van der Waals surface area contributed by atoms with Crippen LogP contribution in [0.5, 0.6) is 0 Å². The van der Waals surface area contributed by atoms with Crippen molar-refractivity contribution in [2.45, 2.75) is 25.7 Å². The molecule has 3 nitrogen and oxygen atoms in total. The average molecular weight is 213 g/mol. The summed E-state index contributed by atoms with van der Waals surface area (Å²) in [5.41, 5.74) is 0.405. The van der Waals surface area contributed by atoms with Crippen molar-refractivity contribution in [2.24, 2.45) is 11.3 Å². The van der Waals surface area contributed by atoms with E-state index in [0.717, 1.165) is 25.6 Å². The highest BCUT2D eigenvalue weighted by molar-refractivity contribution is 4.98. The molecule has 1 aliphatic carbocycles. The Morgan fingerprint density at radius 2 is 2.33 bits per heavy atom. The summed E-state index contributed by atoms with van der Waals surface area (Å²) in [4.78, 5) is 2.41. The molecule has 2 fully saturated rings. The van der Waals surface area contributed by atoms with Crippen molar-refractivity contribution in [3.8, 4) is 0 Å². The summed E-state index contributed by atoms with van der Waals surface area (Å²) in [7, 11) is 1.81. The van der Waals surface area contributed by atoms with Gasteiger partial charge in [0.05, 0.1) is 13.2 Å². The highest BCUT2D eigenvalue weighted by atomic mass is 16.5. The van der Waals surface area contributed by atoms with Crippen molar-refractivity contribution in [3.05, 3.63) is 0 Å². The number of likely N-dealkylation sites (tertiary alicyclic amines) is 1. The van der Waals surface area contributed by atoms with E-state index in [1.165, 1.54) is 32.2 Å². The van der Waals surface area contributed by atoms with Crippen LogP contribution in [0.1, 0.15) is 25.7 Å². The molecule has 2 aliphatic rings. The lowest BCUT2D eigenvalue weighted by molar-refractivity contribution is 0.0294. The van der Waals surface area contributed by atoms with Gasteiger partial charge in [0.25, 0.3) is 0 Å². The van der Waals surface area contributed by atoms with E-state index in [1.54, 1.807) is 0 Å². The minimum Gasteiger partial charge on any atom is -0.395 e. The fourth-order valence-corrected chi connectivity index (χ4v) is 3.53. The summed E-state index contributed by atoms with van der Waals surface area (Å²) in [5.74, 6) is 0.803. The Morgan fingerprint density at radius 1 is 1.47 bits per heavy atom. The number of nitrogens with zero attached hydrogens (tertiary/aromatic N) is 1. The largest absolute Gasteiger partial charge is 0.395 e. The third-order valence-corrected chi connectivity index (χ3v) is 4.21. The van der Waals surface area contributed by atoms with Crippen LogP contribution in [0, 0.1) is 11.3 Å². The van der Waals surface area contributed by atoms with Crippen LogP contribution in [0.15, 0.2) is 0 Å². The molecule has 0 amide bonds. The van der Waals surface area contributed by atoms with E-state index in [0.29, 0.717) is 5.41 Å². The molecular weight excluding hydrogens is 190 g/mol. The molecule has 2 rings (SSSR count). The molecule has 1 N–H and O–H groups in total. The Bertz CT molecular complexity index is 206. The Labute approximate surface area is 92.4 Å². The third-order valence-electron chi connectivity index (χ3n) is 4.21. The lowest BCUT2D eigenvalue weighted by Gasteiger charge is -2.38.